The van der Waals surface area contributed by atoms with Crippen LogP contribution in [0.15, 0.2) is 4.34 Å². The fourth-order valence-electron chi connectivity index (χ4n) is 1.10. The summed E-state index contributed by atoms with van der Waals surface area (Å²) in [6, 6.07) is 0. The molecule has 80 valence electrons. The highest BCUT2D eigenvalue weighted by atomic mass is 35.5. The van der Waals surface area contributed by atoms with Crippen LogP contribution in [0.25, 0.3) is 10.3 Å². The van der Waals surface area contributed by atoms with E-state index in [0.717, 1.165) is 9.04 Å². The van der Waals surface area contributed by atoms with Gasteiger partial charge in [0.05, 0.1) is 0 Å². The molecule has 15 heavy (non-hydrogen) atoms. The van der Waals surface area contributed by atoms with Crippen LogP contribution in [0.3, 0.4) is 0 Å². The molecule has 2 rings (SSSR count). The summed E-state index contributed by atoms with van der Waals surface area (Å²) in [6.45, 7) is 0.349. The number of aromatic nitrogens is 3. The molecule has 0 aliphatic carbocycles. The van der Waals surface area contributed by atoms with E-state index in [4.69, 9.17) is 16.3 Å². The molecule has 0 atom stereocenters. The van der Waals surface area contributed by atoms with Crippen molar-refractivity contribution < 1.29 is 4.74 Å². The molecule has 4 nitrogen and oxygen atoms in total. The van der Waals surface area contributed by atoms with E-state index in [9.17, 15) is 0 Å². The van der Waals surface area contributed by atoms with Crippen LogP contribution in [0.1, 0.15) is 5.82 Å². The third-order valence-corrected chi connectivity index (χ3v) is 4.11. The molecule has 7 heteroatoms. The van der Waals surface area contributed by atoms with Crippen LogP contribution in [-0.2, 0) is 11.3 Å². The third-order valence-electron chi connectivity index (χ3n) is 1.69. The molecule has 2 aromatic heterocycles. The zero-order valence-corrected chi connectivity index (χ0v) is 10.5. The van der Waals surface area contributed by atoms with Crippen LogP contribution in [0.2, 0.25) is 5.15 Å². The molecule has 0 spiro atoms. The van der Waals surface area contributed by atoms with Crippen molar-refractivity contribution in [2.45, 2.75) is 10.9 Å². The Hall–Kier alpha value is -0.430. The Morgan fingerprint density at radius 1 is 1.40 bits per heavy atom. The van der Waals surface area contributed by atoms with Crippen LogP contribution >= 0.6 is 34.7 Å². The van der Waals surface area contributed by atoms with E-state index >= 15 is 0 Å². The zero-order chi connectivity index (χ0) is 10.8. The molecule has 0 aliphatic heterocycles. The summed E-state index contributed by atoms with van der Waals surface area (Å²) in [6.07, 6.45) is 1.97. The molecular formula is C8H8ClN3OS2. The minimum atomic E-state index is 0.349. The van der Waals surface area contributed by atoms with E-state index < -0.39 is 0 Å². The number of rotatable bonds is 3. The van der Waals surface area contributed by atoms with Crippen molar-refractivity contribution in [1.82, 2.24) is 15.0 Å². The molecule has 0 saturated carbocycles. The van der Waals surface area contributed by atoms with E-state index in [1.54, 1.807) is 18.9 Å². The SMILES string of the molecule is COCc1nc(Cl)c2sc(SC)nc2n1. The molecule has 0 saturated heterocycles. The predicted molar refractivity (Wildman–Crippen MR) is 62.7 cm³/mol. The second-order valence-electron chi connectivity index (χ2n) is 2.70. The van der Waals surface area contributed by atoms with Gasteiger partial charge in [0.25, 0.3) is 0 Å². The Morgan fingerprint density at radius 3 is 2.87 bits per heavy atom. The maximum Gasteiger partial charge on any atom is 0.176 e. The highest BCUT2D eigenvalue weighted by Gasteiger charge is 2.11. The van der Waals surface area contributed by atoms with Gasteiger partial charge < -0.3 is 4.74 Å². The van der Waals surface area contributed by atoms with Crippen LogP contribution in [0, 0.1) is 0 Å². The first-order valence-corrected chi connectivity index (χ1v) is 6.52. The standard InChI is InChI=1S/C8H8ClN3OS2/c1-13-3-4-10-6(9)5-7(11-4)12-8(14-2)15-5/h3H2,1-2H3. The lowest BCUT2D eigenvalue weighted by Crippen LogP contribution is -1.97. The summed E-state index contributed by atoms with van der Waals surface area (Å²) in [4.78, 5) is 12.7. The van der Waals surface area contributed by atoms with Gasteiger partial charge in [0.15, 0.2) is 21.0 Å². The Kier molecular flexibility index (Phi) is 3.40. The van der Waals surface area contributed by atoms with Gasteiger partial charge in [-0.05, 0) is 6.26 Å². The van der Waals surface area contributed by atoms with Crippen molar-refractivity contribution in [1.29, 1.82) is 0 Å². The van der Waals surface area contributed by atoms with Gasteiger partial charge in [0.2, 0.25) is 0 Å². The quantitative estimate of drug-likeness (QED) is 0.628. The lowest BCUT2D eigenvalue weighted by atomic mass is 10.5. The summed E-state index contributed by atoms with van der Waals surface area (Å²) >= 11 is 9.10. The smallest absolute Gasteiger partial charge is 0.176 e. The van der Waals surface area contributed by atoms with Gasteiger partial charge in [-0.2, -0.15) is 0 Å². The average molecular weight is 262 g/mol. The molecule has 0 bridgehead atoms. The van der Waals surface area contributed by atoms with Crippen molar-refractivity contribution in [3.63, 3.8) is 0 Å². The minimum Gasteiger partial charge on any atom is -0.377 e. The van der Waals surface area contributed by atoms with E-state index in [0.29, 0.717) is 23.2 Å². The molecule has 0 aliphatic rings. The van der Waals surface area contributed by atoms with Gasteiger partial charge in [-0.1, -0.05) is 23.4 Å². The number of nitrogens with zero attached hydrogens (tertiary/aromatic N) is 3. The third kappa shape index (κ3) is 2.23. The number of halogens is 1. The first kappa shape index (κ1) is 11.1. The fourth-order valence-corrected chi connectivity index (χ4v) is 2.77. The molecule has 0 aromatic carbocycles. The molecule has 2 aromatic rings. The number of thiazole rings is 1. The minimum absolute atomic E-state index is 0.349. The van der Waals surface area contributed by atoms with Crippen molar-refractivity contribution in [3.05, 3.63) is 11.0 Å². The Balaban J connectivity index is 2.54. The molecule has 0 N–H and O–H groups in total. The van der Waals surface area contributed by atoms with Gasteiger partial charge in [0, 0.05) is 7.11 Å². The Labute approximate surface area is 100 Å². The first-order chi connectivity index (χ1) is 7.24. The summed E-state index contributed by atoms with van der Waals surface area (Å²) in [5.74, 6) is 0.563. The van der Waals surface area contributed by atoms with Crippen molar-refractivity contribution in [2.75, 3.05) is 13.4 Å². The van der Waals surface area contributed by atoms with E-state index in [-0.39, 0.29) is 0 Å². The van der Waals surface area contributed by atoms with Crippen molar-refractivity contribution >= 4 is 45.0 Å². The predicted octanol–water partition coefficient (Wildman–Crippen LogP) is 2.61. The molecule has 0 unspecified atom stereocenters. The molecule has 0 radical (unpaired) electrons. The van der Waals surface area contributed by atoms with Gasteiger partial charge in [0.1, 0.15) is 11.3 Å². The van der Waals surface area contributed by atoms with Crippen LogP contribution < -0.4 is 0 Å². The largest absolute Gasteiger partial charge is 0.377 e. The molecular weight excluding hydrogens is 254 g/mol. The number of hydrogen-bond acceptors (Lipinski definition) is 6. The van der Waals surface area contributed by atoms with Gasteiger partial charge >= 0.3 is 0 Å². The second-order valence-corrected chi connectivity index (χ2v) is 5.11. The van der Waals surface area contributed by atoms with Crippen molar-refractivity contribution in [2.24, 2.45) is 0 Å². The highest BCUT2D eigenvalue weighted by Crippen LogP contribution is 2.31. The maximum atomic E-state index is 6.02. The van der Waals surface area contributed by atoms with Gasteiger partial charge in [-0.3, -0.25) is 0 Å². The average Bonchev–Trinajstić information content (AvgIpc) is 2.62. The lowest BCUT2D eigenvalue weighted by molar-refractivity contribution is 0.178. The van der Waals surface area contributed by atoms with Gasteiger partial charge in [-0.25, -0.2) is 15.0 Å². The molecule has 2 heterocycles. The Morgan fingerprint density at radius 2 is 2.20 bits per heavy atom. The first-order valence-electron chi connectivity index (χ1n) is 4.10. The zero-order valence-electron chi connectivity index (χ0n) is 8.15. The molecule has 0 amide bonds. The monoisotopic (exact) mass is 261 g/mol. The normalized spacial score (nSPS) is 11.1. The topological polar surface area (TPSA) is 47.9 Å². The van der Waals surface area contributed by atoms with E-state index in [1.165, 1.54) is 11.3 Å². The van der Waals surface area contributed by atoms with Gasteiger partial charge in [-0.15, -0.1) is 11.3 Å². The number of ether oxygens (including phenoxy) is 1. The molecule has 0 fully saturated rings. The van der Waals surface area contributed by atoms with E-state index in [1.807, 2.05) is 6.26 Å². The lowest BCUT2D eigenvalue weighted by Gasteiger charge is -1.98. The number of fused-ring (bicyclic) bond motifs is 1. The maximum absolute atomic E-state index is 6.02. The number of methoxy groups -OCH3 is 1. The fraction of sp³-hybridized carbons (Fsp3) is 0.375. The van der Waals surface area contributed by atoms with Crippen LogP contribution in [0.5, 0.6) is 0 Å². The van der Waals surface area contributed by atoms with E-state index in [2.05, 4.69) is 15.0 Å². The Bertz CT molecular complexity index is 488. The summed E-state index contributed by atoms with van der Waals surface area (Å²) < 4.78 is 6.73. The number of hydrogen-bond donors (Lipinski definition) is 0. The summed E-state index contributed by atoms with van der Waals surface area (Å²) in [7, 11) is 1.59. The van der Waals surface area contributed by atoms with Crippen LogP contribution in [0.4, 0.5) is 0 Å². The summed E-state index contributed by atoms with van der Waals surface area (Å²) in [5, 5.41) is 0.449. The summed E-state index contributed by atoms with van der Waals surface area (Å²) in [5.41, 5.74) is 0.649. The highest BCUT2D eigenvalue weighted by molar-refractivity contribution is 8.00. The number of thioether (sulfide) groups is 1. The van der Waals surface area contributed by atoms with Crippen LogP contribution in [-0.4, -0.2) is 28.3 Å². The van der Waals surface area contributed by atoms with Crippen molar-refractivity contribution in [3.8, 4) is 0 Å². The second kappa shape index (κ2) is 4.61.